The molecule has 0 radical (unpaired) electrons. The lowest BCUT2D eigenvalue weighted by Gasteiger charge is -2.32. The Morgan fingerprint density at radius 3 is 2.42 bits per heavy atom. The number of likely N-dealkylation sites (tertiary alicyclic amines) is 2. The van der Waals surface area contributed by atoms with E-state index in [1.807, 2.05) is 4.90 Å². The quantitative estimate of drug-likeness (QED) is 0.741. The fraction of sp³-hybridized carbons (Fsp3) is 0.550. The summed E-state index contributed by atoms with van der Waals surface area (Å²) in [7, 11) is -3.19. The van der Waals surface area contributed by atoms with Gasteiger partial charge in [0.15, 0.2) is 9.84 Å². The Morgan fingerprint density at radius 2 is 1.77 bits per heavy atom. The lowest BCUT2D eigenvalue weighted by Crippen LogP contribution is -2.44. The lowest BCUT2D eigenvalue weighted by molar-refractivity contribution is -0.127. The summed E-state index contributed by atoms with van der Waals surface area (Å²) < 4.78 is 23.0. The molecule has 0 aliphatic carbocycles. The van der Waals surface area contributed by atoms with E-state index in [1.54, 1.807) is 36.4 Å². The normalized spacial score (nSPS) is 22.2. The van der Waals surface area contributed by atoms with Gasteiger partial charge in [-0.15, -0.1) is 0 Å². The number of nitrogens with zero attached hydrogens (tertiary/aromatic N) is 2. The van der Waals surface area contributed by atoms with Crippen LogP contribution in [-0.4, -0.2) is 62.6 Å². The third kappa shape index (κ3) is 4.95. The number of carbonyl (C=O) groups is 1. The summed E-state index contributed by atoms with van der Waals surface area (Å²) >= 11 is 0. The zero-order valence-corrected chi connectivity index (χ0v) is 16.2. The fourth-order valence-corrected chi connectivity index (χ4v) is 4.48. The molecule has 0 N–H and O–H groups in total. The van der Waals surface area contributed by atoms with Crippen LogP contribution in [0.15, 0.2) is 35.2 Å². The highest BCUT2D eigenvalue weighted by atomic mass is 32.2. The van der Waals surface area contributed by atoms with E-state index in [4.69, 9.17) is 0 Å². The monoisotopic (exact) mass is 376 g/mol. The molecule has 0 bridgehead atoms. The van der Waals surface area contributed by atoms with Gasteiger partial charge >= 0.3 is 0 Å². The van der Waals surface area contributed by atoms with Gasteiger partial charge in [-0.25, -0.2) is 8.42 Å². The smallest absolute Gasteiger partial charge is 0.246 e. The van der Waals surface area contributed by atoms with Crippen LogP contribution in [0, 0.1) is 0 Å². The van der Waals surface area contributed by atoms with Gasteiger partial charge in [0, 0.05) is 31.5 Å². The number of carbonyl (C=O) groups excluding carboxylic acids is 1. The van der Waals surface area contributed by atoms with Crippen molar-refractivity contribution in [3.05, 3.63) is 35.9 Å². The molecule has 2 heterocycles. The summed E-state index contributed by atoms with van der Waals surface area (Å²) in [4.78, 5) is 17.4. The van der Waals surface area contributed by atoms with Crippen LogP contribution in [0.5, 0.6) is 0 Å². The highest BCUT2D eigenvalue weighted by Crippen LogP contribution is 2.21. The lowest BCUT2D eigenvalue weighted by atomic mass is 10.1. The minimum atomic E-state index is -3.19. The van der Waals surface area contributed by atoms with Crippen LogP contribution in [0.3, 0.4) is 0 Å². The van der Waals surface area contributed by atoms with Gasteiger partial charge in [0.25, 0.3) is 0 Å². The number of amides is 1. The standard InChI is InChI=1S/C20H28N2O3S/c1-26(24,25)19-10-7-17(8-11-19)9-12-20(23)22-15-5-6-18(22)16-21-13-3-2-4-14-21/h7-12,18H,2-6,13-16H2,1H3/b12-9+/t18-/m0/s1. The topological polar surface area (TPSA) is 57.7 Å². The predicted octanol–water partition coefficient (Wildman–Crippen LogP) is 2.58. The van der Waals surface area contributed by atoms with E-state index in [1.165, 1.54) is 25.5 Å². The molecule has 1 aromatic carbocycles. The zero-order valence-electron chi connectivity index (χ0n) is 15.4. The summed E-state index contributed by atoms with van der Waals surface area (Å²) in [5.41, 5.74) is 0.831. The summed E-state index contributed by atoms with van der Waals surface area (Å²) in [6, 6.07) is 6.94. The van der Waals surface area contributed by atoms with Gasteiger partial charge < -0.3 is 9.80 Å². The molecule has 3 rings (SSSR count). The molecular weight excluding hydrogens is 348 g/mol. The highest BCUT2D eigenvalue weighted by molar-refractivity contribution is 7.90. The number of benzene rings is 1. The van der Waals surface area contributed by atoms with Gasteiger partial charge in [-0.1, -0.05) is 18.6 Å². The van der Waals surface area contributed by atoms with Crippen molar-refractivity contribution in [2.45, 2.75) is 43.0 Å². The second-order valence-corrected chi connectivity index (χ2v) is 9.38. The summed E-state index contributed by atoms with van der Waals surface area (Å²) in [6.07, 6.45) is 10.6. The van der Waals surface area contributed by atoms with E-state index in [2.05, 4.69) is 4.90 Å². The molecule has 142 valence electrons. The van der Waals surface area contributed by atoms with Gasteiger partial charge in [0.2, 0.25) is 5.91 Å². The first kappa shape index (κ1) is 19.1. The first-order chi connectivity index (χ1) is 12.4. The molecule has 2 fully saturated rings. The van der Waals surface area contributed by atoms with Gasteiger partial charge in [0.05, 0.1) is 4.90 Å². The Kier molecular flexibility index (Phi) is 6.14. The van der Waals surface area contributed by atoms with Crippen molar-refractivity contribution in [1.82, 2.24) is 9.80 Å². The van der Waals surface area contributed by atoms with Gasteiger partial charge in [-0.2, -0.15) is 0 Å². The van der Waals surface area contributed by atoms with E-state index in [-0.39, 0.29) is 5.91 Å². The molecule has 2 saturated heterocycles. The molecular formula is C20H28N2O3S. The summed E-state index contributed by atoms with van der Waals surface area (Å²) in [5.74, 6) is 0.0525. The average molecular weight is 377 g/mol. The summed E-state index contributed by atoms with van der Waals surface area (Å²) in [6.45, 7) is 4.12. The SMILES string of the molecule is CS(=O)(=O)c1ccc(/C=C/C(=O)N2CCC[C@H]2CN2CCCCC2)cc1. The molecule has 0 aromatic heterocycles. The maximum Gasteiger partial charge on any atom is 0.246 e. The Morgan fingerprint density at radius 1 is 1.08 bits per heavy atom. The number of hydrogen-bond acceptors (Lipinski definition) is 4. The van der Waals surface area contributed by atoms with E-state index in [0.717, 1.165) is 44.6 Å². The molecule has 0 saturated carbocycles. The van der Waals surface area contributed by atoms with Gasteiger partial charge in [-0.3, -0.25) is 4.79 Å². The maximum absolute atomic E-state index is 12.6. The first-order valence-corrected chi connectivity index (χ1v) is 11.3. The Hall–Kier alpha value is -1.66. The molecule has 6 heteroatoms. The van der Waals surface area contributed by atoms with Gasteiger partial charge in [-0.05, 0) is 62.5 Å². The number of hydrogen-bond donors (Lipinski definition) is 0. The number of sulfone groups is 1. The second-order valence-electron chi connectivity index (χ2n) is 7.36. The minimum Gasteiger partial charge on any atom is -0.335 e. The van der Waals surface area contributed by atoms with Crippen molar-refractivity contribution in [2.24, 2.45) is 0 Å². The van der Waals surface area contributed by atoms with E-state index >= 15 is 0 Å². The maximum atomic E-state index is 12.6. The highest BCUT2D eigenvalue weighted by Gasteiger charge is 2.29. The van der Waals surface area contributed by atoms with Crippen molar-refractivity contribution in [1.29, 1.82) is 0 Å². The van der Waals surface area contributed by atoms with Crippen LogP contribution in [-0.2, 0) is 14.6 Å². The van der Waals surface area contributed by atoms with E-state index in [0.29, 0.717) is 10.9 Å². The molecule has 0 spiro atoms. The Bertz CT molecular complexity index is 750. The molecule has 26 heavy (non-hydrogen) atoms. The number of piperidine rings is 1. The van der Waals surface area contributed by atoms with Crippen molar-refractivity contribution < 1.29 is 13.2 Å². The van der Waals surface area contributed by atoms with Crippen molar-refractivity contribution in [2.75, 3.05) is 32.4 Å². The van der Waals surface area contributed by atoms with Crippen LogP contribution in [0.25, 0.3) is 6.08 Å². The molecule has 5 nitrogen and oxygen atoms in total. The molecule has 1 amide bonds. The third-order valence-corrected chi connectivity index (χ3v) is 6.43. The van der Waals surface area contributed by atoms with Gasteiger partial charge in [0.1, 0.15) is 0 Å². The van der Waals surface area contributed by atoms with Crippen molar-refractivity contribution >= 4 is 21.8 Å². The molecule has 1 atom stereocenters. The van der Waals surface area contributed by atoms with Crippen LogP contribution >= 0.6 is 0 Å². The predicted molar refractivity (Wildman–Crippen MR) is 104 cm³/mol. The van der Waals surface area contributed by atoms with Crippen LogP contribution < -0.4 is 0 Å². The largest absolute Gasteiger partial charge is 0.335 e. The Balaban J connectivity index is 1.60. The van der Waals surface area contributed by atoms with Crippen LogP contribution in [0.1, 0.15) is 37.7 Å². The minimum absolute atomic E-state index is 0.0525. The zero-order chi connectivity index (χ0) is 18.6. The van der Waals surface area contributed by atoms with Crippen LogP contribution in [0.2, 0.25) is 0 Å². The van der Waals surface area contributed by atoms with E-state index in [9.17, 15) is 13.2 Å². The molecule has 2 aliphatic heterocycles. The van der Waals surface area contributed by atoms with E-state index < -0.39 is 9.84 Å². The molecule has 1 aromatic rings. The van der Waals surface area contributed by atoms with Crippen molar-refractivity contribution in [3.8, 4) is 0 Å². The number of rotatable bonds is 5. The van der Waals surface area contributed by atoms with Crippen LogP contribution in [0.4, 0.5) is 0 Å². The van der Waals surface area contributed by atoms with Crippen molar-refractivity contribution in [3.63, 3.8) is 0 Å². The molecule has 0 unspecified atom stereocenters. The summed E-state index contributed by atoms with van der Waals surface area (Å²) in [5, 5.41) is 0. The Labute approximate surface area is 156 Å². The average Bonchev–Trinajstić information content (AvgIpc) is 3.08. The fourth-order valence-electron chi connectivity index (χ4n) is 3.85. The third-order valence-electron chi connectivity index (χ3n) is 5.30. The molecule has 2 aliphatic rings. The second kappa shape index (κ2) is 8.35. The first-order valence-electron chi connectivity index (χ1n) is 9.45.